The minimum Gasteiger partial charge on any atom is -0.379 e. The minimum absolute atomic E-state index is 0.111. The van der Waals surface area contributed by atoms with E-state index in [2.05, 4.69) is 10.4 Å². The van der Waals surface area contributed by atoms with E-state index in [0.717, 1.165) is 17.7 Å². The van der Waals surface area contributed by atoms with Crippen LogP contribution in [0.3, 0.4) is 0 Å². The van der Waals surface area contributed by atoms with Crippen molar-refractivity contribution in [3.63, 3.8) is 0 Å². The lowest BCUT2D eigenvalue weighted by Gasteiger charge is -2.12. The number of nitrogens with zero attached hydrogens (tertiary/aromatic N) is 3. The van der Waals surface area contributed by atoms with Crippen LogP contribution in [-0.4, -0.2) is 21.2 Å². The Labute approximate surface area is 117 Å². The third kappa shape index (κ3) is 3.14. The van der Waals surface area contributed by atoms with Crippen molar-refractivity contribution in [3.05, 3.63) is 51.8 Å². The molecule has 0 unspecified atom stereocenters. The van der Waals surface area contributed by atoms with Gasteiger partial charge in [-0.05, 0) is 19.4 Å². The minimum atomic E-state index is -0.351. The number of aromatic nitrogens is 2. The zero-order chi connectivity index (χ0) is 14.5. The fourth-order valence-electron chi connectivity index (χ4n) is 2.05. The molecule has 0 spiro atoms. The first-order chi connectivity index (χ1) is 9.61. The maximum Gasteiger partial charge on any atom is 0.292 e. The van der Waals surface area contributed by atoms with Gasteiger partial charge in [0.15, 0.2) is 0 Å². The number of para-hydroxylation sites is 1. The van der Waals surface area contributed by atoms with Crippen LogP contribution >= 0.6 is 0 Å². The lowest BCUT2D eigenvalue weighted by Crippen LogP contribution is -2.09. The molecule has 1 heterocycles. The Kier molecular flexibility index (Phi) is 4.34. The summed E-state index contributed by atoms with van der Waals surface area (Å²) in [7, 11) is 0. The molecule has 1 aromatic heterocycles. The van der Waals surface area contributed by atoms with Gasteiger partial charge in [0, 0.05) is 24.4 Å². The number of nitro groups is 1. The Morgan fingerprint density at radius 3 is 2.80 bits per heavy atom. The van der Waals surface area contributed by atoms with Crippen LogP contribution in [-0.2, 0) is 6.54 Å². The Balaban J connectivity index is 2.35. The first-order valence-corrected chi connectivity index (χ1v) is 6.62. The van der Waals surface area contributed by atoms with E-state index in [1.54, 1.807) is 10.7 Å². The van der Waals surface area contributed by atoms with Crippen molar-refractivity contribution < 1.29 is 4.92 Å². The van der Waals surface area contributed by atoms with E-state index in [1.807, 2.05) is 32.2 Å². The van der Waals surface area contributed by atoms with Crippen LogP contribution in [0.1, 0.15) is 24.6 Å². The molecule has 1 N–H and O–H groups in total. The molecule has 0 radical (unpaired) electrons. The largest absolute Gasteiger partial charge is 0.379 e. The van der Waals surface area contributed by atoms with Gasteiger partial charge in [-0.3, -0.25) is 14.8 Å². The van der Waals surface area contributed by atoms with Crippen LogP contribution in [0.2, 0.25) is 0 Å². The number of hydrogen-bond acceptors (Lipinski definition) is 4. The number of hydrogen-bond donors (Lipinski definition) is 1. The SMILES string of the molecule is CCCNc1c(Cn2ccc(C)n2)cccc1[N+](=O)[O-]. The molecule has 0 aliphatic heterocycles. The van der Waals surface area contributed by atoms with Gasteiger partial charge in [0.2, 0.25) is 0 Å². The van der Waals surface area contributed by atoms with Gasteiger partial charge in [0.1, 0.15) is 5.69 Å². The smallest absolute Gasteiger partial charge is 0.292 e. The Bertz CT molecular complexity index is 607. The lowest BCUT2D eigenvalue weighted by molar-refractivity contribution is -0.384. The summed E-state index contributed by atoms with van der Waals surface area (Å²) in [5.41, 5.74) is 2.50. The number of rotatable bonds is 6. The third-order valence-corrected chi connectivity index (χ3v) is 2.98. The van der Waals surface area contributed by atoms with E-state index >= 15 is 0 Å². The molecule has 0 aliphatic rings. The topological polar surface area (TPSA) is 73.0 Å². The standard InChI is InChI=1S/C14H18N4O2/c1-3-8-15-14-12(5-4-6-13(14)18(19)20)10-17-9-7-11(2)16-17/h4-7,9,15H,3,8,10H2,1-2H3. The summed E-state index contributed by atoms with van der Waals surface area (Å²) < 4.78 is 1.78. The molecule has 6 heteroatoms. The monoisotopic (exact) mass is 274 g/mol. The molecule has 0 aliphatic carbocycles. The van der Waals surface area contributed by atoms with Crippen LogP contribution in [0, 0.1) is 17.0 Å². The van der Waals surface area contributed by atoms with Crippen LogP contribution in [0.4, 0.5) is 11.4 Å². The third-order valence-electron chi connectivity index (χ3n) is 2.98. The van der Waals surface area contributed by atoms with Crippen molar-refractivity contribution in [1.29, 1.82) is 0 Å². The van der Waals surface area contributed by atoms with E-state index in [9.17, 15) is 10.1 Å². The van der Waals surface area contributed by atoms with E-state index in [1.165, 1.54) is 6.07 Å². The molecular weight excluding hydrogens is 256 g/mol. The van der Waals surface area contributed by atoms with Gasteiger partial charge < -0.3 is 5.32 Å². The molecular formula is C14H18N4O2. The average molecular weight is 274 g/mol. The number of nitrogens with one attached hydrogen (secondary N) is 1. The predicted molar refractivity (Wildman–Crippen MR) is 77.9 cm³/mol. The average Bonchev–Trinajstić information content (AvgIpc) is 2.82. The Morgan fingerprint density at radius 2 is 2.20 bits per heavy atom. The van der Waals surface area contributed by atoms with E-state index in [-0.39, 0.29) is 10.6 Å². The molecule has 2 rings (SSSR count). The quantitative estimate of drug-likeness (QED) is 0.649. The summed E-state index contributed by atoms with van der Waals surface area (Å²) >= 11 is 0. The Hall–Kier alpha value is -2.37. The maximum atomic E-state index is 11.1. The fourth-order valence-corrected chi connectivity index (χ4v) is 2.05. The van der Waals surface area contributed by atoms with Gasteiger partial charge in [-0.25, -0.2) is 0 Å². The number of anilines is 1. The lowest BCUT2D eigenvalue weighted by atomic mass is 10.1. The highest BCUT2D eigenvalue weighted by Gasteiger charge is 2.17. The Morgan fingerprint density at radius 1 is 1.40 bits per heavy atom. The van der Waals surface area contributed by atoms with Gasteiger partial charge in [-0.2, -0.15) is 5.10 Å². The molecule has 0 fully saturated rings. The summed E-state index contributed by atoms with van der Waals surface area (Å²) in [5.74, 6) is 0. The number of nitro benzene ring substituents is 1. The zero-order valence-electron chi connectivity index (χ0n) is 11.7. The highest BCUT2D eigenvalue weighted by molar-refractivity contribution is 5.66. The number of benzene rings is 1. The molecule has 1 aromatic carbocycles. The molecule has 0 saturated heterocycles. The van der Waals surface area contributed by atoms with Gasteiger partial charge >= 0.3 is 0 Å². The first kappa shape index (κ1) is 14.0. The summed E-state index contributed by atoms with van der Waals surface area (Å²) in [6.07, 6.45) is 2.78. The molecule has 0 saturated carbocycles. The van der Waals surface area contributed by atoms with Crippen molar-refractivity contribution in [2.75, 3.05) is 11.9 Å². The molecule has 106 valence electrons. The van der Waals surface area contributed by atoms with E-state index in [0.29, 0.717) is 18.8 Å². The molecule has 20 heavy (non-hydrogen) atoms. The molecule has 0 bridgehead atoms. The number of aryl methyl sites for hydroxylation is 1. The first-order valence-electron chi connectivity index (χ1n) is 6.62. The van der Waals surface area contributed by atoms with E-state index < -0.39 is 0 Å². The highest BCUT2D eigenvalue weighted by atomic mass is 16.6. The van der Waals surface area contributed by atoms with Gasteiger partial charge in [-0.1, -0.05) is 19.1 Å². The summed E-state index contributed by atoms with van der Waals surface area (Å²) in [6, 6.07) is 7.04. The normalized spacial score (nSPS) is 10.5. The van der Waals surface area contributed by atoms with Gasteiger partial charge in [0.25, 0.3) is 5.69 Å². The van der Waals surface area contributed by atoms with Crippen LogP contribution < -0.4 is 5.32 Å². The second-order valence-electron chi connectivity index (χ2n) is 4.65. The van der Waals surface area contributed by atoms with Crippen molar-refractivity contribution in [2.45, 2.75) is 26.8 Å². The molecule has 0 amide bonds. The van der Waals surface area contributed by atoms with Crippen molar-refractivity contribution >= 4 is 11.4 Å². The highest BCUT2D eigenvalue weighted by Crippen LogP contribution is 2.28. The van der Waals surface area contributed by atoms with Crippen LogP contribution in [0.25, 0.3) is 0 Å². The van der Waals surface area contributed by atoms with Crippen molar-refractivity contribution in [3.8, 4) is 0 Å². The molecule has 2 aromatic rings. The fraction of sp³-hybridized carbons (Fsp3) is 0.357. The zero-order valence-corrected chi connectivity index (χ0v) is 11.7. The second-order valence-corrected chi connectivity index (χ2v) is 4.65. The predicted octanol–water partition coefficient (Wildman–Crippen LogP) is 2.97. The van der Waals surface area contributed by atoms with Crippen LogP contribution in [0.5, 0.6) is 0 Å². The van der Waals surface area contributed by atoms with Gasteiger partial charge in [-0.15, -0.1) is 0 Å². The van der Waals surface area contributed by atoms with Gasteiger partial charge in [0.05, 0.1) is 17.2 Å². The molecule has 0 atom stereocenters. The second kappa shape index (κ2) is 6.18. The van der Waals surface area contributed by atoms with Crippen molar-refractivity contribution in [2.24, 2.45) is 0 Å². The summed E-state index contributed by atoms with van der Waals surface area (Å²) in [4.78, 5) is 10.8. The summed E-state index contributed by atoms with van der Waals surface area (Å²) in [6.45, 7) is 5.16. The maximum absolute atomic E-state index is 11.1. The summed E-state index contributed by atoms with van der Waals surface area (Å²) in [5, 5.41) is 18.6. The van der Waals surface area contributed by atoms with E-state index in [4.69, 9.17) is 0 Å². The molecule has 6 nitrogen and oxygen atoms in total. The van der Waals surface area contributed by atoms with Crippen LogP contribution in [0.15, 0.2) is 30.5 Å². The van der Waals surface area contributed by atoms with Crippen molar-refractivity contribution in [1.82, 2.24) is 9.78 Å².